The summed E-state index contributed by atoms with van der Waals surface area (Å²) in [5.74, 6) is 0.861. The molecule has 0 bridgehead atoms. The van der Waals surface area contributed by atoms with E-state index in [1.807, 2.05) is 65.6 Å². The molecule has 0 atom stereocenters. The van der Waals surface area contributed by atoms with Crippen LogP contribution in [0.1, 0.15) is 22.8 Å². The van der Waals surface area contributed by atoms with E-state index in [4.69, 9.17) is 0 Å². The fraction of sp³-hybridized carbons (Fsp3) is 0.240. The molecular weight excluding hydrogens is 420 g/mol. The summed E-state index contributed by atoms with van der Waals surface area (Å²) in [6, 6.07) is 21.4. The average molecular weight is 447 g/mol. The number of benzene rings is 2. The highest BCUT2D eigenvalue weighted by atomic mass is 32.2. The topological polar surface area (TPSA) is 65.5 Å². The molecule has 1 aromatic heterocycles. The fourth-order valence-electron chi connectivity index (χ4n) is 3.61. The molecular formula is C25H26N4O2S. The van der Waals surface area contributed by atoms with Gasteiger partial charge in [0.1, 0.15) is 0 Å². The van der Waals surface area contributed by atoms with E-state index in [-0.39, 0.29) is 11.8 Å². The number of rotatable bonds is 6. The van der Waals surface area contributed by atoms with Crippen LogP contribution in [0.2, 0.25) is 0 Å². The van der Waals surface area contributed by atoms with Crippen molar-refractivity contribution in [3.8, 4) is 0 Å². The predicted octanol–water partition coefficient (Wildman–Crippen LogP) is 4.93. The molecule has 164 valence electrons. The SMILES string of the molecule is CC(=O)c1ccc(N2CCN(C(=O)Nc3cccc(CSc4ccccn4)c3)CC2)cc1. The van der Waals surface area contributed by atoms with Crippen LogP contribution in [-0.2, 0) is 5.75 Å². The Labute approximate surface area is 192 Å². The number of carbonyl (C=O) groups is 2. The summed E-state index contributed by atoms with van der Waals surface area (Å²) in [4.78, 5) is 32.6. The Hall–Kier alpha value is -3.32. The zero-order valence-corrected chi connectivity index (χ0v) is 18.8. The van der Waals surface area contributed by atoms with Gasteiger partial charge in [-0.3, -0.25) is 4.79 Å². The van der Waals surface area contributed by atoms with Gasteiger partial charge in [0, 0.05) is 55.1 Å². The molecule has 2 aromatic carbocycles. The van der Waals surface area contributed by atoms with E-state index in [2.05, 4.69) is 21.3 Å². The third kappa shape index (κ3) is 5.68. The lowest BCUT2D eigenvalue weighted by Crippen LogP contribution is -2.50. The summed E-state index contributed by atoms with van der Waals surface area (Å²) < 4.78 is 0. The van der Waals surface area contributed by atoms with Crippen LogP contribution in [0.3, 0.4) is 0 Å². The van der Waals surface area contributed by atoms with Gasteiger partial charge in [-0.2, -0.15) is 0 Å². The van der Waals surface area contributed by atoms with Gasteiger partial charge in [-0.25, -0.2) is 9.78 Å². The van der Waals surface area contributed by atoms with Gasteiger partial charge in [0.25, 0.3) is 0 Å². The highest BCUT2D eigenvalue weighted by Gasteiger charge is 2.21. The minimum Gasteiger partial charge on any atom is -0.368 e. The maximum atomic E-state index is 12.8. The molecule has 0 saturated carbocycles. The van der Waals surface area contributed by atoms with Crippen molar-refractivity contribution < 1.29 is 9.59 Å². The maximum Gasteiger partial charge on any atom is 0.321 e. The monoisotopic (exact) mass is 446 g/mol. The molecule has 3 aromatic rings. The van der Waals surface area contributed by atoms with E-state index in [1.165, 1.54) is 0 Å². The number of piperazine rings is 1. The van der Waals surface area contributed by atoms with Crippen molar-refractivity contribution in [3.05, 3.63) is 84.1 Å². The zero-order valence-electron chi connectivity index (χ0n) is 18.0. The van der Waals surface area contributed by atoms with Crippen molar-refractivity contribution in [2.75, 3.05) is 36.4 Å². The highest BCUT2D eigenvalue weighted by molar-refractivity contribution is 7.98. The van der Waals surface area contributed by atoms with Crippen molar-refractivity contribution in [1.29, 1.82) is 0 Å². The Balaban J connectivity index is 1.29. The van der Waals surface area contributed by atoms with Gasteiger partial charge in [0.05, 0.1) is 5.03 Å². The first-order valence-electron chi connectivity index (χ1n) is 10.6. The number of nitrogens with one attached hydrogen (secondary N) is 1. The number of thioether (sulfide) groups is 1. The number of amides is 2. The van der Waals surface area contributed by atoms with Crippen LogP contribution in [-0.4, -0.2) is 47.9 Å². The molecule has 0 unspecified atom stereocenters. The molecule has 1 fully saturated rings. The lowest BCUT2D eigenvalue weighted by atomic mass is 10.1. The van der Waals surface area contributed by atoms with Crippen LogP contribution in [0.15, 0.2) is 78.0 Å². The molecule has 6 nitrogen and oxygen atoms in total. The molecule has 0 spiro atoms. The average Bonchev–Trinajstić information content (AvgIpc) is 2.84. The van der Waals surface area contributed by atoms with Gasteiger partial charge >= 0.3 is 6.03 Å². The normalized spacial score (nSPS) is 13.7. The van der Waals surface area contributed by atoms with Gasteiger partial charge in [0.15, 0.2) is 5.78 Å². The van der Waals surface area contributed by atoms with E-state index in [1.54, 1.807) is 24.9 Å². The van der Waals surface area contributed by atoms with E-state index in [9.17, 15) is 9.59 Å². The number of hydrogen-bond acceptors (Lipinski definition) is 5. The molecule has 0 aliphatic carbocycles. The summed E-state index contributed by atoms with van der Waals surface area (Å²) in [5.41, 5.74) is 3.73. The van der Waals surface area contributed by atoms with Crippen molar-refractivity contribution >= 4 is 35.0 Å². The smallest absolute Gasteiger partial charge is 0.321 e. The molecule has 32 heavy (non-hydrogen) atoms. The van der Waals surface area contributed by atoms with Crippen LogP contribution in [0.25, 0.3) is 0 Å². The minimum atomic E-state index is -0.0777. The quantitative estimate of drug-likeness (QED) is 0.430. The fourth-order valence-corrected chi connectivity index (χ4v) is 4.41. The Bertz CT molecular complexity index is 1060. The molecule has 7 heteroatoms. The van der Waals surface area contributed by atoms with Gasteiger partial charge in [-0.15, -0.1) is 11.8 Å². The molecule has 0 radical (unpaired) electrons. The second-order valence-corrected chi connectivity index (χ2v) is 8.66. The Kier molecular flexibility index (Phi) is 7.07. The van der Waals surface area contributed by atoms with E-state index < -0.39 is 0 Å². The predicted molar refractivity (Wildman–Crippen MR) is 129 cm³/mol. The number of aromatic nitrogens is 1. The summed E-state index contributed by atoms with van der Waals surface area (Å²) in [7, 11) is 0. The summed E-state index contributed by atoms with van der Waals surface area (Å²) in [6.07, 6.45) is 1.79. The molecule has 1 aliphatic heterocycles. The van der Waals surface area contributed by atoms with Gasteiger partial charge in [-0.1, -0.05) is 18.2 Å². The number of pyridine rings is 1. The molecule has 1 aliphatic rings. The molecule has 1 saturated heterocycles. The van der Waals surface area contributed by atoms with Gasteiger partial charge in [0.2, 0.25) is 0 Å². The molecule has 4 rings (SSSR count). The van der Waals surface area contributed by atoms with Crippen LogP contribution >= 0.6 is 11.8 Å². The third-order valence-corrected chi connectivity index (χ3v) is 6.42. The van der Waals surface area contributed by atoms with E-state index in [0.717, 1.165) is 40.8 Å². The number of anilines is 2. The molecule has 2 amide bonds. The number of hydrogen-bond donors (Lipinski definition) is 1. The molecule has 2 heterocycles. The number of urea groups is 1. The van der Waals surface area contributed by atoms with Crippen molar-refractivity contribution in [2.45, 2.75) is 17.7 Å². The Morgan fingerprint density at radius 3 is 2.44 bits per heavy atom. The lowest BCUT2D eigenvalue weighted by Gasteiger charge is -2.36. The standard InChI is InChI=1S/C25H26N4O2S/c1-19(30)21-8-10-23(11-9-21)28-13-15-29(16-14-28)25(31)27-22-6-4-5-20(17-22)18-32-24-7-2-3-12-26-24/h2-12,17H,13-16,18H2,1H3,(H,27,31). The maximum absolute atomic E-state index is 12.8. The largest absolute Gasteiger partial charge is 0.368 e. The summed E-state index contributed by atoms with van der Waals surface area (Å²) >= 11 is 1.67. The summed E-state index contributed by atoms with van der Waals surface area (Å²) in [6.45, 7) is 4.38. The van der Waals surface area contributed by atoms with Crippen LogP contribution < -0.4 is 10.2 Å². The number of ketones is 1. The first kappa shape index (κ1) is 21.9. The van der Waals surface area contributed by atoms with E-state index >= 15 is 0 Å². The van der Waals surface area contributed by atoms with Crippen molar-refractivity contribution in [3.63, 3.8) is 0 Å². The first-order valence-corrected chi connectivity index (χ1v) is 11.6. The number of carbonyl (C=O) groups excluding carboxylic acids is 2. The Morgan fingerprint density at radius 1 is 0.969 bits per heavy atom. The Morgan fingerprint density at radius 2 is 1.75 bits per heavy atom. The second kappa shape index (κ2) is 10.3. The zero-order chi connectivity index (χ0) is 22.3. The minimum absolute atomic E-state index is 0.0671. The lowest BCUT2D eigenvalue weighted by molar-refractivity contribution is 0.101. The van der Waals surface area contributed by atoms with Crippen LogP contribution in [0, 0.1) is 0 Å². The third-order valence-electron chi connectivity index (χ3n) is 5.41. The van der Waals surface area contributed by atoms with Gasteiger partial charge < -0.3 is 15.1 Å². The van der Waals surface area contributed by atoms with Crippen molar-refractivity contribution in [1.82, 2.24) is 9.88 Å². The first-order chi connectivity index (χ1) is 15.6. The number of nitrogens with zero attached hydrogens (tertiary/aromatic N) is 3. The van der Waals surface area contributed by atoms with Crippen molar-refractivity contribution in [2.24, 2.45) is 0 Å². The van der Waals surface area contributed by atoms with Crippen LogP contribution in [0.4, 0.5) is 16.2 Å². The summed E-state index contributed by atoms with van der Waals surface area (Å²) in [5, 5.41) is 4.01. The number of Topliss-reactive ketones (excluding diaryl/α,β-unsaturated/α-hetero) is 1. The van der Waals surface area contributed by atoms with E-state index in [0.29, 0.717) is 18.7 Å². The molecule has 1 N–H and O–H groups in total. The van der Waals surface area contributed by atoms with Crippen LogP contribution in [0.5, 0.6) is 0 Å². The second-order valence-electron chi connectivity index (χ2n) is 7.66. The highest BCUT2D eigenvalue weighted by Crippen LogP contribution is 2.23. The van der Waals surface area contributed by atoms with Gasteiger partial charge in [-0.05, 0) is 61.0 Å².